The van der Waals surface area contributed by atoms with Crippen LogP contribution < -0.4 is 10.6 Å². The maximum absolute atomic E-state index is 11.7. The number of carbonyl (C=O) groups excluding carboxylic acids is 1. The van der Waals surface area contributed by atoms with E-state index < -0.39 is 17.5 Å². The molecule has 0 aliphatic rings. The fourth-order valence-electron chi connectivity index (χ4n) is 1.57. The Balaban J connectivity index is 2.49. The van der Waals surface area contributed by atoms with Crippen molar-refractivity contribution in [3.8, 4) is 0 Å². The molecule has 1 aromatic heterocycles. The van der Waals surface area contributed by atoms with Gasteiger partial charge in [-0.1, -0.05) is 0 Å². The quantitative estimate of drug-likeness (QED) is 0.748. The lowest BCUT2D eigenvalue weighted by Gasteiger charge is -2.25. The van der Waals surface area contributed by atoms with Crippen LogP contribution in [0.4, 0.5) is 4.79 Å². The van der Waals surface area contributed by atoms with Crippen molar-refractivity contribution < 1.29 is 19.1 Å². The van der Waals surface area contributed by atoms with E-state index in [-0.39, 0.29) is 12.5 Å². The van der Waals surface area contributed by atoms with Crippen molar-refractivity contribution >= 4 is 12.0 Å². The number of rotatable bonds is 5. The van der Waals surface area contributed by atoms with Crippen molar-refractivity contribution in [2.45, 2.75) is 38.8 Å². The Morgan fingerprint density at radius 2 is 2.17 bits per heavy atom. The summed E-state index contributed by atoms with van der Waals surface area (Å²) in [7, 11) is 0. The highest BCUT2D eigenvalue weighted by Gasteiger charge is 2.24. The fraction of sp³-hybridized carbons (Fsp3) is 0.500. The lowest BCUT2D eigenvalue weighted by Crippen LogP contribution is -2.49. The molecule has 3 N–H and O–H groups in total. The number of hydrogen-bond acceptors (Lipinski definition) is 3. The van der Waals surface area contributed by atoms with Crippen LogP contribution in [-0.2, 0) is 4.79 Å². The van der Waals surface area contributed by atoms with Crippen molar-refractivity contribution in [1.82, 2.24) is 10.6 Å². The fourth-order valence-corrected chi connectivity index (χ4v) is 1.57. The number of furan rings is 1. The van der Waals surface area contributed by atoms with E-state index in [9.17, 15) is 9.59 Å². The molecule has 0 spiro atoms. The van der Waals surface area contributed by atoms with E-state index in [1.165, 1.54) is 6.26 Å². The number of carbonyl (C=O) groups is 2. The molecular weight excluding hydrogens is 236 g/mol. The molecule has 0 bridgehead atoms. The van der Waals surface area contributed by atoms with Gasteiger partial charge in [-0.3, -0.25) is 4.79 Å². The van der Waals surface area contributed by atoms with Crippen molar-refractivity contribution in [2.24, 2.45) is 0 Å². The van der Waals surface area contributed by atoms with Crippen molar-refractivity contribution in [3.05, 3.63) is 24.2 Å². The SMILES string of the molecule is CC(NC(=O)NC(C)(C)CC(=O)O)c1ccco1. The number of urea groups is 1. The van der Waals surface area contributed by atoms with E-state index >= 15 is 0 Å². The monoisotopic (exact) mass is 254 g/mol. The van der Waals surface area contributed by atoms with Gasteiger partial charge in [-0.2, -0.15) is 0 Å². The summed E-state index contributed by atoms with van der Waals surface area (Å²) in [6, 6.07) is 2.79. The number of hydrogen-bond donors (Lipinski definition) is 3. The minimum absolute atomic E-state index is 0.143. The van der Waals surface area contributed by atoms with Gasteiger partial charge in [0, 0.05) is 5.54 Å². The average molecular weight is 254 g/mol. The first-order chi connectivity index (χ1) is 8.30. The molecule has 0 fully saturated rings. The van der Waals surface area contributed by atoms with Crippen LogP contribution >= 0.6 is 0 Å². The number of carboxylic acid groups (broad SMARTS) is 1. The number of amides is 2. The van der Waals surface area contributed by atoms with Gasteiger partial charge in [-0.15, -0.1) is 0 Å². The molecule has 6 heteroatoms. The molecule has 1 heterocycles. The summed E-state index contributed by atoms with van der Waals surface area (Å²) in [4.78, 5) is 22.3. The molecule has 0 saturated carbocycles. The van der Waals surface area contributed by atoms with Gasteiger partial charge < -0.3 is 20.2 Å². The van der Waals surface area contributed by atoms with Gasteiger partial charge in [0.05, 0.1) is 18.7 Å². The second-order valence-electron chi connectivity index (χ2n) is 4.79. The Hall–Kier alpha value is -1.98. The molecule has 0 aliphatic heterocycles. The van der Waals surface area contributed by atoms with Crippen LogP contribution in [0.5, 0.6) is 0 Å². The van der Waals surface area contributed by atoms with E-state index in [0.29, 0.717) is 5.76 Å². The Labute approximate surface area is 105 Å². The lowest BCUT2D eigenvalue weighted by molar-refractivity contribution is -0.138. The summed E-state index contributed by atoms with van der Waals surface area (Å²) in [5.41, 5.74) is -0.807. The van der Waals surface area contributed by atoms with Gasteiger partial charge >= 0.3 is 12.0 Å². The predicted octanol–water partition coefficient (Wildman–Crippen LogP) is 1.89. The molecule has 0 aliphatic carbocycles. The first kappa shape index (κ1) is 14.1. The standard InChI is InChI=1S/C12H18N2O4/c1-8(9-5-4-6-18-9)13-11(17)14-12(2,3)7-10(15)16/h4-6,8H,7H2,1-3H3,(H,15,16)(H2,13,14,17). The molecule has 0 aromatic carbocycles. The Morgan fingerprint density at radius 1 is 1.50 bits per heavy atom. The molecule has 6 nitrogen and oxygen atoms in total. The van der Waals surface area contributed by atoms with Crippen LogP contribution in [0.3, 0.4) is 0 Å². The maximum atomic E-state index is 11.7. The minimum Gasteiger partial charge on any atom is -0.481 e. The first-order valence-corrected chi connectivity index (χ1v) is 5.64. The van der Waals surface area contributed by atoms with Crippen LogP contribution in [0.25, 0.3) is 0 Å². The largest absolute Gasteiger partial charge is 0.481 e. The number of nitrogens with one attached hydrogen (secondary N) is 2. The predicted molar refractivity (Wildman–Crippen MR) is 65.1 cm³/mol. The highest BCUT2D eigenvalue weighted by molar-refractivity contribution is 5.76. The minimum atomic E-state index is -0.959. The van der Waals surface area contributed by atoms with Crippen LogP contribution in [0, 0.1) is 0 Å². The Kier molecular flexibility index (Phi) is 4.36. The average Bonchev–Trinajstić information content (AvgIpc) is 2.65. The van der Waals surface area contributed by atoms with Crippen LogP contribution in [-0.4, -0.2) is 22.6 Å². The third kappa shape index (κ3) is 4.48. The third-order valence-electron chi connectivity index (χ3n) is 2.36. The van der Waals surface area contributed by atoms with E-state index in [1.54, 1.807) is 32.9 Å². The number of carboxylic acids is 1. The van der Waals surface area contributed by atoms with Crippen LogP contribution in [0.2, 0.25) is 0 Å². The summed E-state index contributed by atoms with van der Waals surface area (Å²) in [6.07, 6.45) is 1.38. The van der Waals surface area contributed by atoms with E-state index in [0.717, 1.165) is 0 Å². The molecule has 1 rings (SSSR count). The normalized spacial score (nSPS) is 12.8. The molecular formula is C12H18N2O4. The second-order valence-corrected chi connectivity index (χ2v) is 4.79. The summed E-state index contributed by atoms with van der Waals surface area (Å²) in [6.45, 7) is 5.08. The molecule has 1 atom stereocenters. The molecule has 2 amide bonds. The van der Waals surface area contributed by atoms with Crippen LogP contribution in [0.15, 0.2) is 22.8 Å². The van der Waals surface area contributed by atoms with Gasteiger partial charge in [0.1, 0.15) is 5.76 Å². The van der Waals surface area contributed by atoms with Gasteiger partial charge in [0.15, 0.2) is 0 Å². The molecule has 0 saturated heterocycles. The van der Waals surface area contributed by atoms with Crippen LogP contribution in [0.1, 0.15) is 39.0 Å². The highest BCUT2D eigenvalue weighted by Crippen LogP contribution is 2.13. The van der Waals surface area contributed by atoms with Crippen molar-refractivity contribution in [3.63, 3.8) is 0 Å². The van der Waals surface area contributed by atoms with E-state index in [4.69, 9.17) is 9.52 Å². The zero-order valence-electron chi connectivity index (χ0n) is 10.7. The van der Waals surface area contributed by atoms with E-state index in [1.807, 2.05) is 0 Å². The van der Waals surface area contributed by atoms with Crippen molar-refractivity contribution in [1.29, 1.82) is 0 Å². The maximum Gasteiger partial charge on any atom is 0.315 e. The summed E-state index contributed by atoms with van der Waals surface area (Å²) in [5.74, 6) is -0.319. The molecule has 1 unspecified atom stereocenters. The second kappa shape index (κ2) is 5.57. The smallest absolute Gasteiger partial charge is 0.315 e. The van der Waals surface area contributed by atoms with Gasteiger partial charge in [0.25, 0.3) is 0 Å². The summed E-state index contributed by atoms with van der Waals surface area (Å²) < 4.78 is 5.15. The van der Waals surface area contributed by atoms with Crippen molar-refractivity contribution in [2.75, 3.05) is 0 Å². The molecule has 100 valence electrons. The summed E-state index contributed by atoms with van der Waals surface area (Å²) >= 11 is 0. The highest BCUT2D eigenvalue weighted by atomic mass is 16.4. The molecule has 18 heavy (non-hydrogen) atoms. The summed E-state index contributed by atoms with van der Waals surface area (Å²) in [5, 5.41) is 14.0. The first-order valence-electron chi connectivity index (χ1n) is 5.64. The Bertz CT molecular complexity index is 412. The Morgan fingerprint density at radius 3 is 2.67 bits per heavy atom. The lowest BCUT2D eigenvalue weighted by atomic mass is 10.0. The van der Waals surface area contributed by atoms with E-state index in [2.05, 4.69) is 10.6 Å². The van der Waals surface area contributed by atoms with Gasteiger partial charge in [-0.25, -0.2) is 4.79 Å². The van der Waals surface area contributed by atoms with Gasteiger partial charge in [-0.05, 0) is 32.9 Å². The topological polar surface area (TPSA) is 91.6 Å². The third-order valence-corrected chi connectivity index (χ3v) is 2.36. The number of aliphatic carboxylic acids is 1. The van der Waals surface area contributed by atoms with Gasteiger partial charge in [0.2, 0.25) is 0 Å². The molecule has 0 radical (unpaired) electrons. The zero-order chi connectivity index (χ0) is 13.8. The molecule has 1 aromatic rings. The zero-order valence-corrected chi connectivity index (χ0v) is 10.7.